The molecule has 3 heterocycles. The van der Waals surface area contributed by atoms with Gasteiger partial charge in [-0.05, 0) is 62.3 Å². The van der Waals surface area contributed by atoms with Gasteiger partial charge in [0.1, 0.15) is 11.6 Å². The number of fused-ring (bicyclic) bond motifs is 3. The average molecular weight is 410 g/mol. The third-order valence-corrected chi connectivity index (χ3v) is 7.42. The summed E-state index contributed by atoms with van der Waals surface area (Å²) in [6.07, 6.45) is 12.8. The Balaban J connectivity index is 1.21. The molecular weight excluding hydrogens is 383 g/mol. The van der Waals surface area contributed by atoms with Gasteiger partial charge in [-0.3, -0.25) is 19.8 Å². The van der Waals surface area contributed by atoms with E-state index >= 15 is 0 Å². The number of carbonyl (C=O) groups excluding carboxylic acids is 2. The molecule has 0 aromatic heterocycles. The number of nitrogens with zero attached hydrogens (tertiary/aromatic N) is 1. The maximum atomic E-state index is 13.0. The summed E-state index contributed by atoms with van der Waals surface area (Å²) in [6, 6.07) is 7.04. The Labute approximate surface area is 176 Å². The van der Waals surface area contributed by atoms with Crippen molar-refractivity contribution in [2.45, 2.75) is 44.2 Å². The maximum Gasteiger partial charge on any atom is 0.238 e. The van der Waals surface area contributed by atoms with E-state index in [0.717, 1.165) is 38.6 Å². The third kappa shape index (κ3) is 3.18. The van der Waals surface area contributed by atoms with Crippen LogP contribution in [0.25, 0.3) is 0 Å². The van der Waals surface area contributed by atoms with Crippen LogP contribution < -0.4 is 10.1 Å². The van der Waals surface area contributed by atoms with Crippen LogP contribution in [0.2, 0.25) is 0 Å². The molecule has 0 spiro atoms. The van der Waals surface area contributed by atoms with Crippen molar-refractivity contribution in [3.63, 3.8) is 0 Å². The number of halogens is 1. The molecule has 1 N–H and O–H groups in total. The molecule has 5 nitrogen and oxygen atoms in total. The highest BCUT2D eigenvalue weighted by Gasteiger charge is 2.60. The molecule has 158 valence electrons. The van der Waals surface area contributed by atoms with Crippen LogP contribution in [-0.2, 0) is 9.59 Å². The molecule has 5 rings (SSSR count). The molecule has 1 aromatic rings. The van der Waals surface area contributed by atoms with Crippen molar-refractivity contribution in [2.24, 2.45) is 17.3 Å². The number of hydrogen-bond acceptors (Lipinski definition) is 4. The van der Waals surface area contributed by atoms with Crippen LogP contribution in [-0.4, -0.2) is 41.9 Å². The number of amides is 2. The summed E-state index contributed by atoms with van der Waals surface area (Å²) in [5, 5.41) is 2.59. The van der Waals surface area contributed by atoms with Crippen molar-refractivity contribution in [3.8, 4) is 5.75 Å². The molecule has 4 atom stereocenters. The van der Waals surface area contributed by atoms with Crippen LogP contribution in [0.15, 0.2) is 48.6 Å². The average Bonchev–Trinajstić information content (AvgIpc) is 3.14. The first-order valence-corrected chi connectivity index (χ1v) is 10.9. The zero-order valence-corrected chi connectivity index (χ0v) is 16.9. The monoisotopic (exact) mass is 410 g/mol. The lowest BCUT2D eigenvalue weighted by molar-refractivity contribution is -0.130. The summed E-state index contributed by atoms with van der Waals surface area (Å²) in [7, 11) is 0. The van der Waals surface area contributed by atoms with Gasteiger partial charge in [0.05, 0.1) is 17.9 Å². The van der Waals surface area contributed by atoms with Crippen molar-refractivity contribution in [2.75, 3.05) is 13.2 Å². The maximum absolute atomic E-state index is 13.0. The normalized spacial score (nSPS) is 34.8. The van der Waals surface area contributed by atoms with Crippen LogP contribution in [0, 0.1) is 23.1 Å². The SMILES string of the molecule is O=C1NC(=O)C2(C3CC4CCC(C3)N4CCCOc3ccc(F)cc3)C=CC=CC12. The third-order valence-electron chi connectivity index (χ3n) is 7.42. The number of nitrogens with one attached hydrogen (secondary N) is 1. The predicted molar refractivity (Wildman–Crippen MR) is 110 cm³/mol. The first kappa shape index (κ1) is 19.5. The Bertz CT molecular complexity index is 882. The summed E-state index contributed by atoms with van der Waals surface area (Å²) < 4.78 is 18.7. The number of allylic oxidation sites excluding steroid dienone is 2. The van der Waals surface area contributed by atoms with E-state index in [1.165, 1.54) is 12.1 Å². The molecule has 4 unspecified atom stereocenters. The number of piperidine rings is 1. The van der Waals surface area contributed by atoms with Crippen molar-refractivity contribution in [1.82, 2.24) is 10.2 Å². The summed E-state index contributed by atoms with van der Waals surface area (Å²) >= 11 is 0. The van der Waals surface area contributed by atoms with E-state index in [0.29, 0.717) is 24.4 Å². The zero-order chi connectivity index (χ0) is 20.7. The predicted octanol–water partition coefficient (Wildman–Crippen LogP) is 3.22. The van der Waals surface area contributed by atoms with Gasteiger partial charge in [0.2, 0.25) is 11.8 Å². The van der Waals surface area contributed by atoms with Crippen LogP contribution in [0.1, 0.15) is 32.1 Å². The van der Waals surface area contributed by atoms with Gasteiger partial charge in [0, 0.05) is 18.6 Å². The van der Waals surface area contributed by atoms with E-state index in [4.69, 9.17) is 4.74 Å². The molecule has 6 heteroatoms. The smallest absolute Gasteiger partial charge is 0.238 e. The fraction of sp³-hybridized carbons (Fsp3) is 0.500. The number of imide groups is 1. The highest BCUT2D eigenvalue weighted by Crippen LogP contribution is 2.53. The second kappa shape index (κ2) is 7.65. The van der Waals surface area contributed by atoms with E-state index < -0.39 is 5.41 Å². The Kier molecular flexibility index (Phi) is 4.97. The number of hydrogen-bond donors (Lipinski definition) is 1. The molecule has 1 aliphatic carbocycles. The molecule has 0 radical (unpaired) electrons. The van der Waals surface area contributed by atoms with Gasteiger partial charge in [-0.25, -0.2) is 4.39 Å². The van der Waals surface area contributed by atoms with Gasteiger partial charge in [0.25, 0.3) is 0 Å². The first-order chi connectivity index (χ1) is 14.6. The Hall–Kier alpha value is -2.47. The summed E-state index contributed by atoms with van der Waals surface area (Å²) in [4.78, 5) is 27.8. The minimum Gasteiger partial charge on any atom is -0.494 e. The van der Waals surface area contributed by atoms with Crippen molar-refractivity contribution in [3.05, 3.63) is 54.4 Å². The molecule has 0 saturated carbocycles. The minimum atomic E-state index is -0.704. The van der Waals surface area contributed by atoms with E-state index in [-0.39, 0.29) is 29.5 Å². The first-order valence-electron chi connectivity index (χ1n) is 10.9. The highest BCUT2D eigenvalue weighted by atomic mass is 19.1. The number of carbonyl (C=O) groups is 2. The number of rotatable bonds is 6. The molecule has 30 heavy (non-hydrogen) atoms. The van der Waals surface area contributed by atoms with Crippen molar-refractivity contribution >= 4 is 11.8 Å². The number of benzene rings is 1. The van der Waals surface area contributed by atoms with Crippen LogP contribution in [0.5, 0.6) is 5.75 Å². The molecule has 3 saturated heterocycles. The number of ether oxygens (including phenoxy) is 1. The summed E-state index contributed by atoms with van der Waals surface area (Å²) in [5.41, 5.74) is -0.704. The van der Waals surface area contributed by atoms with Gasteiger partial charge in [-0.15, -0.1) is 0 Å². The Morgan fingerprint density at radius 3 is 2.57 bits per heavy atom. The van der Waals surface area contributed by atoms with E-state index in [1.54, 1.807) is 12.1 Å². The second-order valence-electron chi connectivity index (χ2n) is 8.92. The fourth-order valence-corrected chi connectivity index (χ4v) is 6.04. The van der Waals surface area contributed by atoms with Crippen LogP contribution in [0.4, 0.5) is 4.39 Å². The van der Waals surface area contributed by atoms with E-state index in [2.05, 4.69) is 10.2 Å². The lowest BCUT2D eigenvalue weighted by atomic mass is 9.62. The minimum absolute atomic E-state index is 0.122. The van der Waals surface area contributed by atoms with Gasteiger partial charge < -0.3 is 4.74 Å². The highest BCUT2D eigenvalue weighted by molar-refractivity contribution is 6.09. The molecule has 2 bridgehead atoms. The van der Waals surface area contributed by atoms with Gasteiger partial charge in [-0.2, -0.15) is 0 Å². The topological polar surface area (TPSA) is 58.6 Å². The molecule has 3 aliphatic heterocycles. The summed E-state index contributed by atoms with van der Waals surface area (Å²) in [5.74, 6) is -0.0203. The standard InChI is InChI=1S/C24H27FN2O3/c25-17-5-9-20(10-6-17)30-13-3-12-27-18-7-8-19(27)15-16(14-18)24-11-2-1-4-21(24)22(28)26-23(24)29/h1-2,4-6,9-11,16,18-19,21H,3,7-8,12-15H2,(H,26,28,29). The van der Waals surface area contributed by atoms with Crippen molar-refractivity contribution in [1.29, 1.82) is 0 Å². The molecule has 1 aromatic carbocycles. The molecular formula is C24H27FN2O3. The van der Waals surface area contributed by atoms with Gasteiger partial charge in [0.15, 0.2) is 0 Å². The summed E-state index contributed by atoms with van der Waals surface area (Å²) in [6.45, 7) is 1.56. The zero-order valence-electron chi connectivity index (χ0n) is 16.9. The fourth-order valence-electron chi connectivity index (χ4n) is 6.04. The Morgan fingerprint density at radius 2 is 1.83 bits per heavy atom. The molecule has 3 fully saturated rings. The molecule has 4 aliphatic rings. The van der Waals surface area contributed by atoms with Crippen LogP contribution in [0.3, 0.4) is 0 Å². The molecule has 2 amide bonds. The van der Waals surface area contributed by atoms with E-state index in [9.17, 15) is 14.0 Å². The van der Waals surface area contributed by atoms with Crippen LogP contribution >= 0.6 is 0 Å². The second-order valence-corrected chi connectivity index (χ2v) is 8.92. The quantitative estimate of drug-likeness (QED) is 0.578. The van der Waals surface area contributed by atoms with Crippen molar-refractivity contribution < 1.29 is 18.7 Å². The van der Waals surface area contributed by atoms with Gasteiger partial charge in [-0.1, -0.05) is 24.3 Å². The van der Waals surface area contributed by atoms with Gasteiger partial charge >= 0.3 is 0 Å². The Morgan fingerprint density at radius 1 is 1.10 bits per heavy atom. The van der Waals surface area contributed by atoms with E-state index in [1.807, 2.05) is 24.3 Å². The lowest BCUT2D eigenvalue weighted by Gasteiger charge is -2.45. The largest absolute Gasteiger partial charge is 0.494 e. The lowest BCUT2D eigenvalue weighted by Crippen LogP contribution is -2.51.